The number of aromatic nitrogens is 2. The Kier molecular flexibility index (Phi) is 4.34. The van der Waals surface area contributed by atoms with E-state index in [0.29, 0.717) is 11.9 Å². The van der Waals surface area contributed by atoms with E-state index in [2.05, 4.69) is 55.6 Å². The molecule has 20 heavy (non-hydrogen) atoms. The third kappa shape index (κ3) is 2.74. The van der Waals surface area contributed by atoms with Crippen LogP contribution in [0.1, 0.15) is 25.1 Å². The Morgan fingerprint density at radius 3 is 3.00 bits per heavy atom. The summed E-state index contributed by atoms with van der Waals surface area (Å²) in [4.78, 5) is 7.13. The van der Waals surface area contributed by atoms with Crippen LogP contribution in [0.15, 0.2) is 22.7 Å². The average molecular weight is 357 g/mol. The molecule has 5 heteroatoms. The van der Waals surface area contributed by atoms with Crippen LogP contribution in [0, 0.1) is 0 Å². The second kappa shape index (κ2) is 6.04. The van der Waals surface area contributed by atoms with E-state index in [-0.39, 0.29) is 0 Å². The van der Waals surface area contributed by atoms with Gasteiger partial charge in [0.25, 0.3) is 0 Å². The normalized spacial score (nSPS) is 20.6. The van der Waals surface area contributed by atoms with Crippen molar-refractivity contribution in [3.05, 3.63) is 28.5 Å². The van der Waals surface area contributed by atoms with Gasteiger partial charge in [0.15, 0.2) is 0 Å². The molecule has 0 amide bonds. The van der Waals surface area contributed by atoms with Crippen molar-refractivity contribution in [2.75, 3.05) is 13.6 Å². The molecule has 1 aromatic heterocycles. The van der Waals surface area contributed by atoms with Gasteiger partial charge in [0.05, 0.1) is 16.9 Å². The molecule has 0 radical (unpaired) electrons. The second-order valence-electron chi connectivity index (χ2n) is 5.54. The lowest BCUT2D eigenvalue weighted by molar-refractivity contribution is 0.168. The summed E-state index contributed by atoms with van der Waals surface area (Å²) in [7, 11) is 2.22. The molecular weight excluding hydrogens is 338 g/mol. The summed E-state index contributed by atoms with van der Waals surface area (Å²) in [6.07, 6.45) is 3.89. The number of likely N-dealkylation sites (N-methyl/N-ethyl adjacent to an activating group) is 1. The molecule has 2 heterocycles. The topological polar surface area (TPSA) is 21.1 Å². The van der Waals surface area contributed by atoms with Crippen molar-refractivity contribution >= 4 is 38.6 Å². The number of piperidine rings is 1. The first-order chi connectivity index (χ1) is 9.69. The first kappa shape index (κ1) is 14.4. The number of benzene rings is 1. The standard InChI is InChI=1S/C15H19BrClN3/c1-19-7-3-2-4-12(19)10-20-14-6-5-11(16)8-13(14)18-15(20)9-17/h5-6,8,12H,2-4,7,9-10H2,1H3. The molecule has 1 atom stereocenters. The zero-order valence-electron chi connectivity index (χ0n) is 11.6. The highest BCUT2D eigenvalue weighted by Gasteiger charge is 2.21. The summed E-state index contributed by atoms with van der Waals surface area (Å²) in [5.74, 6) is 1.43. The van der Waals surface area contributed by atoms with Crippen LogP contribution in [0.3, 0.4) is 0 Å². The molecule has 0 N–H and O–H groups in total. The average Bonchev–Trinajstić information content (AvgIpc) is 2.78. The summed E-state index contributed by atoms with van der Waals surface area (Å²) >= 11 is 9.59. The van der Waals surface area contributed by atoms with Gasteiger partial charge in [-0.2, -0.15) is 0 Å². The third-order valence-corrected chi connectivity index (χ3v) is 4.96. The largest absolute Gasteiger partial charge is 0.325 e. The molecule has 2 aromatic rings. The molecule has 0 bridgehead atoms. The van der Waals surface area contributed by atoms with Crippen LogP contribution in [0.2, 0.25) is 0 Å². The van der Waals surface area contributed by atoms with E-state index >= 15 is 0 Å². The number of nitrogens with zero attached hydrogens (tertiary/aromatic N) is 3. The van der Waals surface area contributed by atoms with Crippen molar-refractivity contribution in [1.82, 2.24) is 14.5 Å². The fourth-order valence-corrected chi connectivity index (χ4v) is 3.60. The molecule has 0 spiro atoms. The van der Waals surface area contributed by atoms with Crippen LogP contribution in [0.5, 0.6) is 0 Å². The zero-order chi connectivity index (χ0) is 14.1. The van der Waals surface area contributed by atoms with Gasteiger partial charge in [-0.05, 0) is 44.6 Å². The summed E-state index contributed by atoms with van der Waals surface area (Å²) in [6.45, 7) is 2.18. The molecule has 1 aliphatic heterocycles. The highest BCUT2D eigenvalue weighted by molar-refractivity contribution is 9.10. The van der Waals surface area contributed by atoms with Crippen LogP contribution in [-0.4, -0.2) is 34.1 Å². The highest BCUT2D eigenvalue weighted by atomic mass is 79.9. The number of fused-ring (bicyclic) bond motifs is 1. The SMILES string of the molecule is CN1CCCCC1Cn1c(CCl)nc2cc(Br)ccc21. The van der Waals surface area contributed by atoms with Crippen molar-refractivity contribution in [3.63, 3.8) is 0 Å². The second-order valence-corrected chi connectivity index (χ2v) is 6.72. The zero-order valence-corrected chi connectivity index (χ0v) is 14.0. The van der Waals surface area contributed by atoms with Gasteiger partial charge in [-0.25, -0.2) is 4.98 Å². The van der Waals surface area contributed by atoms with Crippen molar-refractivity contribution in [3.8, 4) is 0 Å². The Morgan fingerprint density at radius 1 is 1.40 bits per heavy atom. The fraction of sp³-hybridized carbons (Fsp3) is 0.533. The van der Waals surface area contributed by atoms with Crippen LogP contribution in [-0.2, 0) is 12.4 Å². The minimum Gasteiger partial charge on any atom is -0.325 e. The molecule has 3 rings (SSSR count). The maximum Gasteiger partial charge on any atom is 0.124 e. The smallest absolute Gasteiger partial charge is 0.124 e. The monoisotopic (exact) mass is 355 g/mol. The summed E-state index contributed by atoms with van der Waals surface area (Å²) in [5.41, 5.74) is 2.20. The summed E-state index contributed by atoms with van der Waals surface area (Å²) < 4.78 is 3.35. The van der Waals surface area contributed by atoms with E-state index < -0.39 is 0 Å². The molecule has 0 aliphatic carbocycles. The van der Waals surface area contributed by atoms with Crippen LogP contribution < -0.4 is 0 Å². The van der Waals surface area contributed by atoms with Crippen LogP contribution in [0.25, 0.3) is 11.0 Å². The van der Waals surface area contributed by atoms with E-state index in [1.54, 1.807) is 0 Å². The molecule has 1 aliphatic rings. The predicted molar refractivity (Wildman–Crippen MR) is 87.3 cm³/mol. The molecule has 1 fully saturated rings. The van der Waals surface area contributed by atoms with Gasteiger partial charge >= 0.3 is 0 Å². The molecule has 1 unspecified atom stereocenters. The van der Waals surface area contributed by atoms with Gasteiger partial charge in [-0.3, -0.25) is 0 Å². The maximum absolute atomic E-state index is 6.09. The number of alkyl halides is 1. The van der Waals surface area contributed by atoms with E-state index in [1.807, 2.05) is 0 Å². The van der Waals surface area contributed by atoms with Crippen molar-refractivity contribution in [2.45, 2.75) is 37.7 Å². The van der Waals surface area contributed by atoms with E-state index in [4.69, 9.17) is 11.6 Å². The number of hydrogen-bond acceptors (Lipinski definition) is 2. The van der Waals surface area contributed by atoms with E-state index in [9.17, 15) is 0 Å². The predicted octanol–water partition coefficient (Wildman–Crippen LogP) is 4.02. The number of likely N-dealkylation sites (tertiary alicyclic amines) is 1. The van der Waals surface area contributed by atoms with Gasteiger partial charge < -0.3 is 9.47 Å². The number of imidazole rings is 1. The number of hydrogen-bond donors (Lipinski definition) is 0. The van der Waals surface area contributed by atoms with Gasteiger partial charge in [-0.15, -0.1) is 11.6 Å². The van der Waals surface area contributed by atoms with E-state index in [0.717, 1.165) is 22.4 Å². The van der Waals surface area contributed by atoms with Gasteiger partial charge in [0.1, 0.15) is 5.82 Å². The Balaban J connectivity index is 1.96. The number of halogens is 2. The van der Waals surface area contributed by atoms with Crippen molar-refractivity contribution < 1.29 is 0 Å². The summed E-state index contributed by atoms with van der Waals surface area (Å²) in [5, 5.41) is 0. The maximum atomic E-state index is 6.09. The van der Waals surface area contributed by atoms with Crippen molar-refractivity contribution in [2.24, 2.45) is 0 Å². The lowest BCUT2D eigenvalue weighted by Crippen LogP contribution is -2.39. The molecule has 1 aromatic carbocycles. The summed E-state index contributed by atoms with van der Waals surface area (Å²) in [6, 6.07) is 6.85. The third-order valence-electron chi connectivity index (χ3n) is 4.22. The Labute approximate surface area is 133 Å². The Morgan fingerprint density at radius 2 is 2.25 bits per heavy atom. The highest BCUT2D eigenvalue weighted by Crippen LogP contribution is 2.24. The number of rotatable bonds is 3. The Hall–Kier alpha value is -0.580. The first-order valence-electron chi connectivity index (χ1n) is 7.10. The molecule has 0 saturated carbocycles. The molecule has 3 nitrogen and oxygen atoms in total. The van der Waals surface area contributed by atoms with Crippen molar-refractivity contribution in [1.29, 1.82) is 0 Å². The van der Waals surface area contributed by atoms with Gasteiger partial charge in [0.2, 0.25) is 0 Å². The van der Waals surface area contributed by atoms with Crippen LogP contribution >= 0.6 is 27.5 Å². The fourth-order valence-electron chi connectivity index (χ4n) is 3.04. The minimum atomic E-state index is 0.461. The van der Waals surface area contributed by atoms with Gasteiger partial charge in [0, 0.05) is 17.1 Å². The molecular formula is C15H19BrClN3. The lowest BCUT2D eigenvalue weighted by Gasteiger charge is -2.33. The lowest BCUT2D eigenvalue weighted by atomic mass is 10.0. The van der Waals surface area contributed by atoms with Gasteiger partial charge in [-0.1, -0.05) is 22.4 Å². The minimum absolute atomic E-state index is 0.461. The molecule has 1 saturated heterocycles. The van der Waals surface area contributed by atoms with E-state index in [1.165, 1.54) is 31.3 Å². The van der Waals surface area contributed by atoms with Crippen LogP contribution in [0.4, 0.5) is 0 Å². The quantitative estimate of drug-likeness (QED) is 0.774. The molecule has 108 valence electrons. The Bertz CT molecular complexity index is 610. The first-order valence-corrected chi connectivity index (χ1v) is 8.42.